The lowest BCUT2D eigenvalue weighted by Crippen LogP contribution is -2.46. The van der Waals surface area contributed by atoms with Gasteiger partial charge in [0.25, 0.3) is 17.3 Å². The van der Waals surface area contributed by atoms with Crippen LogP contribution in [-0.4, -0.2) is 27.4 Å². The van der Waals surface area contributed by atoms with Crippen molar-refractivity contribution >= 4 is 29.1 Å². The minimum absolute atomic E-state index is 0.0212. The lowest BCUT2D eigenvalue weighted by Gasteiger charge is -2.30. The highest BCUT2D eigenvalue weighted by Gasteiger charge is 2.58. The Kier molecular flexibility index (Phi) is 5.79. The Labute approximate surface area is 204 Å². The van der Waals surface area contributed by atoms with Crippen LogP contribution in [0.15, 0.2) is 66.7 Å². The molecule has 0 spiro atoms. The van der Waals surface area contributed by atoms with Gasteiger partial charge in [-0.1, -0.05) is 30.3 Å². The molecule has 1 aliphatic rings. The molecule has 3 aromatic rings. The largest absolute Gasteiger partial charge is 0.443 e. The average molecular weight is 493 g/mol. The van der Waals surface area contributed by atoms with Crippen LogP contribution in [0.2, 0.25) is 0 Å². The summed E-state index contributed by atoms with van der Waals surface area (Å²) in [6, 6.07) is 14.0. The number of carbonyl (C=O) groups excluding carboxylic acids is 2. The molecule has 0 aromatic heterocycles. The predicted octanol–water partition coefficient (Wildman–Crippen LogP) is 5.26. The molecule has 3 aromatic carbocycles. The number of nitro benzene ring substituents is 2. The fourth-order valence-electron chi connectivity index (χ4n) is 4.37. The maximum Gasteiger partial charge on any atom is 0.421 e. The van der Waals surface area contributed by atoms with Crippen LogP contribution in [0.1, 0.15) is 37.5 Å². The summed E-state index contributed by atoms with van der Waals surface area (Å²) in [7, 11) is 0. The van der Waals surface area contributed by atoms with Gasteiger partial charge in [-0.25, -0.2) is 14.1 Å². The van der Waals surface area contributed by atoms with Crippen molar-refractivity contribution in [1.82, 2.24) is 0 Å². The molecule has 36 heavy (non-hydrogen) atoms. The summed E-state index contributed by atoms with van der Waals surface area (Å²) < 4.78 is 20.0. The van der Waals surface area contributed by atoms with E-state index in [0.29, 0.717) is 0 Å². The molecule has 0 saturated carbocycles. The van der Waals surface area contributed by atoms with Gasteiger partial charge in [-0.3, -0.25) is 25.0 Å². The summed E-state index contributed by atoms with van der Waals surface area (Å²) in [6.45, 7) is 4.80. The van der Waals surface area contributed by atoms with Gasteiger partial charge in [0, 0.05) is 11.6 Å². The van der Waals surface area contributed by atoms with Gasteiger partial charge >= 0.3 is 6.09 Å². The summed E-state index contributed by atoms with van der Waals surface area (Å²) in [6.07, 6.45) is -1.05. The second-order valence-corrected chi connectivity index (χ2v) is 9.11. The molecule has 11 heteroatoms. The van der Waals surface area contributed by atoms with Crippen molar-refractivity contribution in [1.29, 1.82) is 0 Å². The maximum absolute atomic E-state index is 14.6. The van der Waals surface area contributed by atoms with E-state index in [4.69, 9.17) is 4.74 Å². The van der Waals surface area contributed by atoms with Crippen molar-refractivity contribution in [3.63, 3.8) is 0 Å². The Morgan fingerprint density at radius 1 is 0.944 bits per heavy atom. The average Bonchev–Trinajstić information content (AvgIpc) is 3.06. The van der Waals surface area contributed by atoms with Crippen molar-refractivity contribution in [3.05, 3.63) is 109 Å². The molecule has 1 atom stereocenters. The zero-order chi connectivity index (χ0) is 26.4. The minimum Gasteiger partial charge on any atom is -0.443 e. The standard InChI is InChI=1S/C25H20FN3O7/c1-24(2,3)36-23(31)27-20-12-9-16(26)13-19(20)25(22(27)30,15-7-5-4-6-8-15)18-11-10-17(28(32)33)14-21(18)29(34)35/h4-14H,1-3H3/t25-/m1/s1. The van der Waals surface area contributed by atoms with E-state index < -0.39 is 50.1 Å². The Balaban J connectivity index is 2.13. The molecular weight excluding hydrogens is 473 g/mol. The van der Waals surface area contributed by atoms with Gasteiger partial charge < -0.3 is 4.74 Å². The summed E-state index contributed by atoms with van der Waals surface area (Å²) in [5.41, 5.74) is -4.49. The molecule has 0 bridgehead atoms. The quantitative estimate of drug-likeness (QED) is 0.358. The number of benzene rings is 3. The van der Waals surface area contributed by atoms with Crippen LogP contribution in [0.25, 0.3) is 0 Å². The first kappa shape index (κ1) is 24.5. The molecule has 4 rings (SSSR count). The number of hydrogen-bond donors (Lipinski definition) is 0. The number of non-ortho nitro benzene ring substituents is 1. The van der Waals surface area contributed by atoms with Gasteiger partial charge in [0.2, 0.25) is 0 Å². The van der Waals surface area contributed by atoms with Crippen molar-refractivity contribution in [2.24, 2.45) is 0 Å². The number of amides is 2. The summed E-state index contributed by atoms with van der Waals surface area (Å²) >= 11 is 0. The van der Waals surface area contributed by atoms with E-state index in [1.54, 1.807) is 39.0 Å². The Hall–Kier alpha value is -4.67. The van der Waals surface area contributed by atoms with Crippen molar-refractivity contribution < 1.29 is 28.6 Å². The summed E-state index contributed by atoms with van der Waals surface area (Å²) in [5.74, 6) is -1.70. The molecule has 0 saturated heterocycles. The first-order chi connectivity index (χ1) is 16.9. The van der Waals surface area contributed by atoms with E-state index in [9.17, 15) is 34.2 Å². The highest BCUT2D eigenvalue weighted by atomic mass is 19.1. The van der Waals surface area contributed by atoms with Crippen molar-refractivity contribution in [2.75, 3.05) is 4.90 Å². The lowest BCUT2D eigenvalue weighted by molar-refractivity contribution is -0.394. The van der Waals surface area contributed by atoms with Crippen LogP contribution in [-0.2, 0) is 14.9 Å². The summed E-state index contributed by atoms with van der Waals surface area (Å²) in [4.78, 5) is 50.0. The molecule has 10 nitrogen and oxygen atoms in total. The second-order valence-electron chi connectivity index (χ2n) is 9.11. The number of fused-ring (bicyclic) bond motifs is 1. The third-order valence-corrected chi connectivity index (χ3v) is 5.70. The van der Waals surface area contributed by atoms with E-state index in [1.165, 1.54) is 18.2 Å². The monoisotopic (exact) mass is 493 g/mol. The third-order valence-electron chi connectivity index (χ3n) is 5.70. The van der Waals surface area contributed by atoms with Gasteiger partial charge in [0.05, 0.1) is 27.2 Å². The highest BCUT2D eigenvalue weighted by molar-refractivity contribution is 6.24. The first-order valence-electron chi connectivity index (χ1n) is 10.7. The molecule has 0 aliphatic carbocycles. The van der Waals surface area contributed by atoms with Crippen LogP contribution in [0, 0.1) is 26.0 Å². The lowest BCUT2D eigenvalue weighted by atomic mass is 9.69. The maximum atomic E-state index is 14.6. The summed E-state index contributed by atoms with van der Waals surface area (Å²) in [5, 5.41) is 23.4. The van der Waals surface area contributed by atoms with Crippen molar-refractivity contribution in [3.8, 4) is 0 Å². The normalized spacial score (nSPS) is 17.0. The van der Waals surface area contributed by atoms with E-state index in [0.717, 1.165) is 35.2 Å². The van der Waals surface area contributed by atoms with Gasteiger partial charge in [0.1, 0.15) is 16.8 Å². The molecule has 0 unspecified atom stereocenters. The predicted molar refractivity (Wildman–Crippen MR) is 126 cm³/mol. The number of anilines is 1. The molecule has 1 aliphatic heterocycles. The molecule has 184 valence electrons. The van der Waals surface area contributed by atoms with Gasteiger partial charge in [-0.2, -0.15) is 0 Å². The van der Waals surface area contributed by atoms with Gasteiger partial charge in [0.15, 0.2) is 0 Å². The second kappa shape index (κ2) is 8.52. The molecule has 1 heterocycles. The molecular formula is C25H20FN3O7. The van der Waals surface area contributed by atoms with Crippen LogP contribution in [0.5, 0.6) is 0 Å². The van der Waals surface area contributed by atoms with E-state index in [2.05, 4.69) is 0 Å². The fourth-order valence-corrected chi connectivity index (χ4v) is 4.37. The molecule has 0 N–H and O–H groups in total. The smallest absolute Gasteiger partial charge is 0.421 e. The van der Waals surface area contributed by atoms with Crippen LogP contribution in [0.3, 0.4) is 0 Å². The number of carbonyl (C=O) groups is 2. The molecule has 0 radical (unpaired) electrons. The van der Waals surface area contributed by atoms with E-state index >= 15 is 0 Å². The third kappa shape index (κ3) is 3.84. The number of ether oxygens (including phenoxy) is 1. The Bertz CT molecular complexity index is 1420. The highest BCUT2D eigenvalue weighted by Crippen LogP contribution is 2.53. The number of nitrogens with zero attached hydrogens (tertiary/aromatic N) is 3. The zero-order valence-corrected chi connectivity index (χ0v) is 19.4. The van der Waals surface area contributed by atoms with Crippen LogP contribution >= 0.6 is 0 Å². The van der Waals surface area contributed by atoms with Gasteiger partial charge in [-0.05, 0) is 50.6 Å². The van der Waals surface area contributed by atoms with E-state index in [1.807, 2.05) is 0 Å². The zero-order valence-electron chi connectivity index (χ0n) is 19.4. The fraction of sp³-hybridized carbons (Fsp3) is 0.200. The van der Waals surface area contributed by atoms with E-state index in [-0.39, 0.29) is 22.4 Å². The van der Waals surface area contributed by atoms with Crippen LogP contribution < -0.4 is 4.90 Å². The number of rotatable bonds is 4. The number of nitro groups is 2. The number of imide groups is 1. The number of hydrogen-bond acceptors (Lipinski definition) is 7. The minimum atomic E-state index is -2.08. The number of halogens is 1. The van der Waals surface area contributed by atoms with Gasteiger partial charge in [-0.15, -0.1) is 0 Å². The Morgan fingerprint density at radius 3 is 2.19 bits per heavy atom. The Morgan fingerprint density at radius 2 is 1.61 bits per heavy atom. The SMILES string of the molecule is CC(C)(C)OC(=O)N1C(=O)[C@](c2ccccc2)(c2ccc([N+](=O)[O-])cc2[N+](=O)[O-])c2cc(F)ccc21. The molecule has 2 amide bonds. The van der Waals surface area contributed by atoms with Crippen molar-refractivity contribution in [2.45, 2.75) is 31.8 Å². The topological polar surface area (TPSA) is 133 Å². The molecule has 0 fully saturated rings. The first-order valence-corrected chi connectivity index (χ1v) is 10.7. The van der Waals surface area contributed by atoms with Crippen LogP contribution in [0.4, 0.5) is 26.2 Å².